The SMILES string of the molecule is N#Cc1ccc(-c2cc(-c3nc(-c4ccccc4)nc(-c4ccccc4)n3)ccc2-n2c3ccccc3c3ccccc32)c(-c2cc(C#N)ccc2-c2cc(-c3nc(-c4ccccc4)nc(-c4ccccc4)n3)ccc2-n2c3ccccc3c3ccccc32)c1. The molecule has 0 saturated carbocycles. The molecular formula is C80H48N10. The van der Waals surface area contributed by atoms with E-state index in [1.807, 2.05) is 158 Å². The van der Waals surface area contributed by atoms with Crippen LogP contribution < -0.4 is 0 Å². The highest BCUT2D eigenvalue weighted by Crippen LogP contribution is 2.47. The first-order chi connectivity index (χ1) is 44.5. The molecule has 418 valence electrons. The summed E-state index contributed by atoms with van der Waals surface area (Å²) in [4.78, 5) is 31.1. The third-order valence-corrected chi connectivity index (χ3v) is 16.7. The Bertz CT molecular complexity index is 5000. The van der Waals surface area contributed by atoms with E-state index >= 15 is 0 Å². The Balaban J connectivity index is 0.990. The van der Waals surface area contributed by atoms with Crippen molar-refractivity contribution >= 4 is 43.6 Å². The van der Waals surface area contributed by atoms with Gasteiger partial charge >= 0.3 is 0 Å². The lowest BCUT2D eigenvalue weighted by Gasteiger charge is -2.22. The zero-order valence-corrected chi connectivity index (χ0v) is 48.2. The van der Waals surface area contributed by atoms with E-state index in [9.17, 15) is 10.5 Å². The van der Waals surface area contributed by atoms with Crippen LogP contribution in [0.25, 0.3) is 157 Å². The summed E-state index contributed by atoms with van der Waals surface area (Å²) >= 11 is 0. The first kappa shape index (κ1) is 52.8. The number of hydrogen-bond donors (Lipinski definition) is 0. The average Bonchev–Trinajstić information content (AvgIpc) is 1.51. The molecule has 12 aromatic carbocycles. The van der Waals surface area contributed by atoms with Crippen LogP contribution in [0, 0.1) is 22.7 Å². The van der Waals surface area contributed by atoms with Gasteiger partial charge in [-0.25, -0.2) is 29.9 Å². The summed E-state index contributed by atoms with van der Waals surface area (Å²) in [6, 6.07) is 103. The largest absolute Gasteiger partial charge is 0.309 e. The van der Waals surface area contributed by atoms with Gasteiger partial charge in [0.1, 0.15) is 0 Å². The second-order valence-corrected chi connectivity index (χ2v) is 22.0. The standard InChI is InChI=1S/C80H48N10/c81-49-51-37-41-59(67-47-57(39-43-73(67)89-69-33-17-13-29-61(69)62-30-14-18-34-70(62)89)79-85-75(53-21-5-1-6-22-53)83-76(86-79)54-23-7-2-8-24-54)65(45-51)66-46-52(50-82)38-42-60(66)68-48-58(40-44-74(68)90-71-35-19-15-31-63(71)64-32-16-20-36-72(64)90)80-87-77(55-25-9-3-10-26-55)84-78(88-80)56-27-11-4-12-28-56/h1-48H. The average molecular weight is 1150 g/mol. The molecule has 90 heavy (non-hydrogen) atoms. The van der Waals surface area contributed by atoms with Crippen molar-refractivity contribution in [1.29, 1.82) is 10.5 Å². The summed E-state index contributed by atoms with van der Waals surface area (Å²) in [5.41, 5.74) is 16.3. The Morgan fingerprint density at radius 3 is 0.778 bits per heavy atom. The minimum atomic E-state index is 0.442. The Labute approximate surface area is 517 Å². The van der Waals surface area contributed by atoms with Crippen molar-refractivity contribution in [3.8, 4) is 125 Å². The molecule has 0 bridgehead atoms. The van der Waals surface area contributed by atoms with E-state index in [-0.39, 0.29) is 0 Å². The van der Waals surface area contributed by atoms with E-state index in [1.165, 1.54) is 0 Å². The topological polar surface area (TPSA) is 135 Å². The van der Waals surface area contributed by atoms with Crippen molar-refractivity contribution < 1.29 is 0 Å². The molecule has 0 saturated heterocycles. The monoisotopic (exact) mass is 1150 g/mol. The second-order valence-electron chi connectivity index (χ2n) is 22.0. The molecule has 0 N–H and O–H groups in total. The van der Waals surface area contributed by atoms with E-state index < -0.39 is 0 Å². The highest BCUT2D eigenvalue weighted by atomic mass is 15.0. The van der Waals surface area contributed by atoms with E-state index in [0.29, 0.717) is 46.1 Å². The van der Waals surface area contributed by atoms with Crippen LogP contribution in [0.2, 0.25) is 0 Å². The minimum absolute atomic E-state index is 0.442. The molecule has 0 atom stereocenters. The molecule has 0 aliphatic carbocycles. The molecule has 0 amide bonds. The fourth-order valence-electron chi connectivity index (χ4n) is 12.6. The maximum Gasteiger partial charge on any atom is 0.164 e. The molecule has 0 spiro atoms. The molecule has 16 rings (SSSR count). The Morgan fingerprint density at radius 1 is 0.222 bits per heavy atom. The van der Waals surface area contributed by atoms with Gasteiger partial charge in [0, 0.05) is 66.1 Å². The summed E-state index contributed by atoms with van der Waals surface area (Å²) < 4.78 is 4.64. The van der Waals surface area contributed by atoms with Gasteiger partial charge in [-0.2, -0.15) is 10.5 Å². The molecule has 0 radical (unpaired) electrons. The third-order valence-electron chi connectivity index (χ3n) is 16.7. The number of fused-ring (bicyclic) bond motifs is 6. The number of aromatic nitrogens is 8. The van der Waals surface area contributed by atoms with Gasteiger partial charge in [-0.1, -0.05) is 206 Å². The molecule has 10 nitrogen and oxygen atoms in total. The van der Waals surface area contributed by atoms with Gasteiger partial charge in [0.15, 0.2) is 34.9 Å². The van der Waals surface area contributed by atoms with Crippen LogP contribution in [-0.2, 0) is 0 Å². The summed E-state index contributed by atoms with van der Waals surface area (Å²) in [6.45, 7) is 0. The Kier molecular flexibility index (Phi) is 13.1. The van der Waals surface area contributed by atoms with Gasteiger partial charge in [0.25, 0.3) is 0 Å². The molecular weight excluding hydrogens is 1100 g/mol. The molecule has 4 heterocycles. The van der Waals surface area contributed by atoms with Crippen LogP contribution in [-0.4, -0.2) is 39.0 Å². The fourth-order valence-corrected chi connectivity index (χ4v) is 12.6. The molecule has 0 unspecified atom stereocenters. The summed E-state index contributed by atoms with van der Waals surface area (Å²) in [7, 11) is 0. The number of benzene rings is 12. The van der Waals surface area contributed by atoms with Gasteiger partial charge in [0.2, 0.25) is 0 Å². The van der Waals surface area contributed by atoms with Gasteiger partial charge in [-0.3, -0.25) is 0 Å². The second kappa shape index (κ2) is 22.3. The summed E-state index contributed by atoms with van der Waals surface area (Å²) in [5.74, 6) is 3.12. The first-order valence-corrected chi connectivity index (χ1v) is 29.6. The van der Waals surface area contributed by atoms with Gasteiger partial charge in [-0.15, -0.1) is 0 Å². The number of hydrogen-bond acceptors (Lipinski definition) is 8. The van der Waals surface area contributed by atoms with Crippen molar-refractivity contribution in [3.05, 3.63) is 302 Å². The minimum Gasteiger partial charge on any atom is -0.309 e. The van der Waals surface area contributed by atoms with Crippen LogP contribution in [0.4, 0.5) is 0 Å². The van der Waals surface area contributed by atoms with Crippen LogP contribution >= 0.6 is 0 Å². The zero-order chi connectivity index (χ0) is 60.1. The molecule has 10 heteroatoms. The Morgan fingerprint density at radius 2 is 0.489 bits per heavy atom. The number of nitriles is 2. The van der Waals surface area contributed by atoms with E-state index in [0.717, 1.165) is 122 Å². The summed E-state index contributed by atoms with van der Waals surface area (Å²) in [6.07, 6.45) is 0. The number of para-hydroxylation sites is 4. The van der Waals surface area contributed by atoms with Gasteiger partial charge in [0.05, 0.1) is 56.7 Å². The molecule has 0 aliphatic heterocycles. The van der Waals surface area contributed by atoms with Gasteiger partial charge in [-0.05, 0) is 107 Å². The van der Waals surface area contributed by atoms with Crippen molar-refractivity contribution in [2.45, 2.75) is 0 Å². The summed E-state index contributed by atoms with van der Waals surface area (Å²) in [5, 5.41) is 26.5. The lowest BCUT2D eigenvalue weighted by atomic mass is 9.85. The molecule has 0 aliphatic rings. The fraction of sp³-hybridized carbons (Fsp3) is 0. The highest BCUT2D eigenvalue weighted by molar-refractivity contribution is 6.12. The number of rotatable bonds is 11. The van der Waals surface area contributed by atoms with Crippen molar-refractivity contribution in [1.82, 2.24) is 39.0 Å². The Hall–Kier alpha value is -12.8. The van der Waals surface area contributed by atoms with Crippen LogP contribution in [0.3, 0.4) is 0 Å². The van der Waals surface area contributed by atoms with Crippen molar-refractivity contribution in [3.63, 3.8) is 0 Å². The van der Waals surface area contributed by atoms with Crippen molar-refractivity contribution in [2.75, 3.05) is 0 Å². The lowest BCUT2D eigenvalue weighted by molar-refractivity contribution is 1.07. The highest BCUT2D eigenvalue weighted by Gasteiger charge is 2.26. The van der Waals surface area contributed by atoms with Gasteiger partial charge < -0.3 is 9.13 Å². The van der Waals surface area contributed by atoms with Crippen LogP contribution in [0.1, 0.15) is 11.1 Å². The van der Waals surface area contributed by atoms with Crippen LogP contribution in [0.5, 0.6) is 0 Å². The predicted molar refractivity (Wildman–Crippen MR) is 360 cm³/mol. The van der Waals surface area contributed by atoms with E-state index in [2.05, 4.69) is 155 Å². The van der Waals surface area contributed by atoms with Crippen molar-refractivity contribution in [2.24, 2.45) is 0 Å². The lowest BCUT2D eigenvalue weighted by Crippen LogP contribution is -2.03. The predicted octanol–water partition coefficient (Wildman–Crippen LogP) is 19.0. The zero-order valence-electron chi connectivity index (χ0n) is 48.2. The van der Waals surface area contributed by atoms with Crippen LogP contribution in [0.15, 0.2) is 291 Å². The molecule has 4 aromatic heterocycles. The van der Waals surface area contributed by atoms with E-state index in [4.69, 9.17) is 29.9 Å². The maximum atomic E-state index is 11.0. The quantitative estimate of drug-likeness (QED) is 0.125. The van der Waals surface area contributed by atoms with E-state index in [1.54, 1.807) is 0 Å². The maximum absolute atomic E-state index is 11.0. The number of nitrogens with zero attached hydrogens (tertiary/aromatic N) is 10. The third kappa shape index (κ3) is 9.29. The molecule has 16 aromatic rings. The normalized spacial score (nSPS) is 11.3. The smallest absolute Gasteiger partial charge is 0.164 e. The molecule has 0 fully saturated rings. The first-order valence-electron chi connectivity index (χ1n) is 29.6.